The van der Waals surface area contributed by atoms with E-state index in [0.29, 0.717) is 23.7 Å². The Morgan fingerprint density at radius 2 is 1.90 bits per heavy atom. The number of alkyl halides is 2. The molecular weight excluding hydrogens is 432 g/mol. The molecule has 0 amide bonds. The highest BCUT2D eigenvalue weighted by atomic mass is 32.2. The summed E-state index contributed by atoms with van der Waals surface area (Å²) in [6.07, 6.45) is 1.85. The van der Waals surface area contributed by atoms with Crippen LogP contribution in [0.4, 0.5) is 20.5 Å². The third-order valence-corrected chi connectivity index (χ3v) is 5.54. The van der Waals surface area contributed by atoms with Gasteiger partial charge in [0.2, 0.25) is 21.9 Å². The van der Waals surface area contributed by atoms with E-state index in [-0.39, 0.29) is 23.5 Å². The Morgan fingerprint density at radius 1 is 1.19 bits per heavy atom. The molecule has 3 N–H and O–H groups in total. The van der Waals surface area contributed by atoms with E-state index in [1.165, 1.54) is 29.1 Å². The van der Waals surface area contributed by atoms with Gasteiger partial charge in [-0.05, 0) is 32.9 Å². The minimum Gasteiger partial charge on any atom is -0.368 e. The summed E-state index contributed by atoms with van der Waals surface area (Å²) in [7, 11) is -4.01. The largest absolute Gasteiger partial charge is 0.368 e. The van der Waals surface area contributed by atoms with Gasteiger partial charge in [0.1, 0.15) is 17.0 Å². The smallest absolute Gasteiger partial charge is 0.279 e. The molecular formula is C18H21F2N7O3S. The predicted octanol–water partition coefficient (Wildman–Crippen LogP) is 2.20. The molecule has 3 aromatic rings. The van der Waals surface area contributed by atoms with Crippen molar-refractivity contribution < 1.29 is 17.2 Å². The van der Waals surface area contributed by atoms with Crippen LogP contribution in [0.5, 0.6) is 0 Å². The minimum atomic E-state index is -4.01. The lowest BCUT2D eigenvalue weighted by molar-refractivity contribution is 0.0189. The molecule has 0 aliphatic rings. The Hall–Kier alpha value is -3.22. The maximum atomic E-state index is 13.0. The summed E-state index contributed by atoms with van der Waals surface area (Å²) >= 11 is 0. The zero-order valence-electron chi connectivity index (χ0n) is 17.0. The number of hydrogen-bond acceptors (Lipinski definition) is 8. The lowest BCUT2D eigenvalue weighted by Crippen LogP contribution is -2.26. The van der Waals surface area contributed by atoms with Gasteiger partial charge in [-0.1, -0.05) is 0 Å². The lowest BCUT2D eigenvalue weighted by atomic mass is 10.2. The average molecular weight is 453 g/mol. The second kappa shape index (κ2) is 8.13. The summed E-state index contributed by atoms with van der Waals surface area (Å²) in [5.74, 6) is -3.91. The first-order chi connectivity index (χ1) is 14.4. The van der Waals surface area contributed by atoms with Crippen LogP contribution < -0.4 is 16.0 Å². The fraction of sp³-hybridized carbons (Fsp3) is 0.389. The molecule has 0 aliphatic carbocycles. The highest BCUT2D eigenvalue weighted by molar-refractivity contribution is 7.92. The van der Waals surface area contributed by atoms with Gasteiger partial charge < -0.3 is 5.73 Å². The molecule has 0 bridgehead atoms. The maximum absolute atomic E-state index is 13.0. The van der Waals surface area contributed by atoms with Crippen molar-refractivity contribution >= 4 is 33.0 Å². The molecule has 3 heterocycles. The molecule has 0 saturated carbocycles. The fourth-order valence-corrected chi connectivity index (χ4v) is 3.97. The van der Waals surface area contributed by atoms with Crippen molar-refractivity contribution in [1.29, 1.82) is 0 Å². The Labute approximate surface area is 176 Å². The lowest BCUT2D eigenvalue weighted by Gasteiger charge is -2.15. The van der Waals surface area contributed by atoms with Crippen LogP contribution in [0.1, 0.15) is 33.2 Å². The number of aromatic nitrogens is 5. The molecule has 0 atom stereocenters. The predicted molar refractivity (Wildman–Crippen MR) is 112 cm³/mol. The number of anilines is 2. The van der Waals surface area contributed by atoms with Crippen LogP contribution >= 0.6 is 0 Å². The van der Waals surface area contributed by atoms with Gasteiger partial charge in [-0.15, -0.1) is 0 Å². The first-order valence-electron chi connectivity index (χ1n) is 9.26. The fourth-order valence-electron chi connectivity index (χ4n) is 2.80. The molecule has 166 valence electrons. The summed E-state index contributed by atoms with van der Waals surface area (Å²) in [6.45, 7) is 4.26. The third kappa shape index (κ3) is 5.29. The Kier molecular flexibility index (Phi) is 5.89. The number of fused-ring (bicyclic) bond motifs is 1. The molecule has 0 aliphatic heterocycles. The molecule has 10 nitrogen and oxygen atoms in total. The van der Waals surface area contributed by atoms with E-state index in [1.807, 2.05) is 0 Å². The van der Waals surface area contributed by atoms with Gasteiger partial charge in [-0.2, -0.15) is 4.98 Å². The highest BCUT2D eigenvalue weighted by Crippen LogP contribution is 2.21. The van der Waals surface area contributed by atoms with Gasteiger partial charge in [-0.3, -0.25) is 14.1 Å². The number of nitrogens with two attached hydrogens (primary N) is 1. The Bertz CT molecular complexity index is 1270. The monoisotopic (exact) mass is 453 g/mol. The van der Waals surface area contributed by atoms with Crippen LogP contribution in [0.25, 0.3) is 22.4 Å². The molecule has 3 rings (SSSR count). The van der Waals surface area contributed by atoms with E-state index >= 15 is 0 Å². The number of hydrogen-bond donors (Lipinski definition) is 2. The zero-order chi connectivity index (χ0) is 23.0. The van der Waals surface area contributed by atoms with Gasteiger partial charge in [0.15, 0.2) is 5.65 Å². The Morgan fingerprint density at radius 3 is 2.48 bits per heavy atom. The van der Waals surface area contributed by atoms with Crippen molar-refractivity contribution in [2.24, 2.45) is 0 Å². The van der Waals surface area contributed by atoms with E-state index in [1.54, 1.807) is 13.8 Å². The standard InChI is InChI=1S/C18H21F2N7O3S/c1-10(2)27-15-12(9-23-17(21)25-15)24-14(16(27)28)11-4-5-13(22-8-11)26-31(29,30)7-6-18(3,19)20/h4-5,8-10H,6-7H2,1-3H3,(H,22,26)(H2,21,23,25). The summed E-state index contributed by atoms with van der Waals surface area (Å²) < 4.78 is 53.4. The van der Waals surface area contributed by atoms with Crippen LogP contribution in [0.2, 0.25) is 0 Å². The molecule has 0 aromatic carbocycles. The summed E-state index contributed by atoms with van der Waals surface area (Å²) in [5.41, 5.74) is 6.25. The molecule has 0 fully saturated rings. The molecule has 31 heavy (non-hydrogen) atoms. The van der Waals surface area contributed by atoms with Crippen molar-refractivity contribution in [2.75, 3.05) is 16.2 Å². The SMILES string of the molecule is CC(C)n1c(=O)c(-c2ccc(NS(=O)(=O)CCC(C)(F)F)nc2)nc2cnc(N)nc21. The van der Waals surface area contributed by atoms with Crippen LogP contribution in [0.15, 0.2) is 29.3 Å². The normalized spacial score (nSPS) is 12.5. The first-order valence-corrected chi connectivity index (χ1v) is 10.9. The van der Waals surface area contributed by atoms with E-state index in [9.17, 15) is 22.0 Å². The molecule has 0 unspecified atom stereocenters. The highest BCUT2D eigenvalue weighted by Gasteiger charge is 2.25. The van der Waals surface area contributed by atoms with Crippen LogP contribution in [-0.4, -0.2) is 44.6 Å². The number of nitrogens with zero attached hydrogens (tertiary/aromatic N) is 5. The van der Waals surface area contributed by atoms with E-state index in [2.05, 4.69) is 24.7 Å². The maximum Gasteiger partial charge on any atom is 0.279 e. The second-order valence-corrected chi connectivity index (χ2v) is 9.18. The molecule has 0 radical (unpaired) electrons. The minimum absolute atomic E-state index is 0.00925. The third-order valence-electron chi connectivity index (χ3n) is 4.27. The van der Waals surface area contributed by atoms with Crippen LogP contribution in [0, 0.1) is 0 Å². The van der Waals surface area contributed by atoms with Crippen molar-refractivity contribution in [1.82, 2.24) is 24.5 Å². The van der Waals surface area contributed by atoms with Gasteiger partial charge >= 0.3 is 0 Å². The van der Waals surface area contributed by atoms with E-state index in [0.717, 1.165) is 0 Å². The topological polar surface area (TPSA) is 146 Å². The number of nitrogen functional groups attached to an aromatic ring is 1. The summed E-state index contributed by atoms with van der Waals surface area (Å²) in [5, 5.41) is 0. The van der Waals surface area contributed by atoms with Crippen molar-refractivity contribution in [3.05, 3.63) is 34.9 Å². The first kappa shape index (κ1) is 22.5. The number of sulfonamides is 1. The second-order valence-electron chi connectivity index (χ2n) is 7.34. The van der Waals surface area contributed by atoms with Crippen LogP contribution in [0.3, 0.4) is 0 Å². The Balaban J connectivity index is 1.95. The number of nitrogens with one attached hydrogen (secondary N) is 1. The molecule has 13 heteroatoms. The number of rotatable bonds is 7. The van der Waals surface area contributed by atoms with E-state index < -0.39 is 33.7 Å². The van der Waals surface area contributed by atoms with Crippen LogP contribution in [-0.2, 0) is 10.0 Å². The molecule has 0 saturated heterocycles. The van der Waals surface area contributed by atoms with Gasteiger partial charge in [0, 0.05) is 24.2 Å². The average Bonchev–Trinajstić information content (AvgIpc) is 2.66. The summed E-state index contributed by atoms with van der Waals surface area (Å²) in [6, 6.07) is 2.53. The van der Waals surface area contributed by atoms with E-state index in [4.69, 9.17) is 5.73 Å². The van der Waals surface area contributed by atoms with Crippen molar-refractivity contribution in [3.8, 4) is 11.3 Å². The summed E-state index contributed by atoms with van der Waals surface area (Å²) in [4.78, 5) is 29.3. The van der Waals surface area contributed by atoms with Gasteiger partial charge in [-0.25, -0.2) is 32.2 Å². The molecule has 0 spiro atoms. The quantitative estimate of drug-likeness (QED) is 0.554. The van der Waals surface area contributed by atoms with Gasteiger partial charge in [0.05, 0.1) is 11.9 Å². The van der Waals surface area contributed by atoms with Crippen molar-refractivity contribution in [3.63, 3.8) is 0 Å². The zero-order valence-corrected chi connectivity index (χ0v) is 17.8. The van der Waals surface area contributed by atoms with Gasteiger partial charge in [0.25, 0.3) is 5.56 Å². The number of halogens is 2. The van der Waals surface area contributed by atoms with Crippen molar-refractivity contribution in [2.45, 2.75) is 39.2 Å². The number of pyridine rings is 1. The molecule has 3 aromatic heterocycles.